The fourth-order valence-electron chi connectivity index (χ4n) is 8.59. The number of carbonyl (C=O) groups excluding carboxylic acids is 11. The summed E-state index contributed by atoms with van der Waals surface area (Å²) in [4.78, 5) is 188. The third-order valence-corrected chi connectivity index (χ3v) is 13.2. The highest BCUT2D eigenvalue weighted by atomic mass is 16.4. The first-order chi connectivity index (χ1) is 40.3. The van der Waals surface area contributed by atoms with Gasteiger partial charge >= 0.3 is 17.9 Å². The molecule has 0 aromatic heterocycles. The summed E-state index contributed by atoms with van der Waals surface area (Å²) in [7, 11) is 0. The van der Waals surface area contributed by atoms with Crippen molar-refractivity contribution in [2.75, 3.05) is 26.2 Å². The van der Waals surface area contributed by atoms with Crippen LogP contribution in [0.15, 0.2) is 30.3 Å². The zero-order valence-electron chi connectivity index (χ0n) is 48.3. The summed E-state index contributed by atoms with van der Waals surface area (Å²) in [5.41, 5.74) is 22.5. The first-order valence-electron chi connectivity index (χ1n) is 27.3. The van der Waals surface area contributed by atoms with Crippen molar-refractivity contribution in [1.29, 1.82) is 10.8 Å². The molecule has 0 unspecified atom stereocenters. The SMILES string of the molecule is CC[C@H](C)[C@H](NC(=O)[C@@H](N)CCCNC(=N)N)C(=O)N[C@@H](C)C(=O)N[C@@H](CCCNC(=N)N)C(=O)NCC(=O)N[C@@H](CC(=O)O)C(=O)N[C@@H](CC(=O)O)C(=O)N[C@@H](CC(=O)O)C(=O)N([C](C(C)=O)c1ccccc1)C(=O)[C@@H]1CCCN1C(=O)[C@H](C)N. The zero-order chi connectivity index (χ0) is 65.1. The number of hydrogen-bond acceptors (Lipinski definition) is 18. The van der Waals surface area contributed by atoms with E-state index < -0.39 is 181 Å². The summed E-state index contributed by atoms with van der Waals surface area (Å²) in [5.74, 6) is -18.6. The molecule has 2 rings (SSSR count). The first kappa shape index (κ1) is 72.8. The first-order valence-corrected chi connectivity index (χ1v) is 27.3. The van der Waals surface area contributed by atoms with E-state index >= 15 is 0 Å². The van der Waals surface area contributed by atoms with Crippen LogP contribution in [0.5, 0.6) is 0 Å². The molecule has 1 aromatic rings. The number of guanidine groups is 2. The molecular weight excluding hydrogens is 1130 g/mol. The molecule has 1 heterocycles. The second-order valence-electron chi connectivity index (χ2n) is 20.2. The third-order valence-electron chi connectivity index (χ3n) is 13.2. The van der Waals surface area contributed by atoms with Crippen LogP contribution in [0, 0.1) is 22.8 Å². The van der Waals surface area contributed by atoms with Crippen LogP contribution >= 0.6 is 0 Å². The van der Waals surface area contributed by atoms with Gasteiger partial charge in [0.1, 0.15) is 42.3 Å². The van der Waals surface area contributed by atoms with Gasteiger partial charge in [0.25, 0.3) is 11.8 Å². The number of nitrogens with two attached hydrogens (primary N) is 4. The Kier molecular flexibility index (Phi) is 30.2. The number of nitrogens with one attached hydrogen (secondary N) is 11. The predicted octanol–water partition coefficient (Wildman–Crippen LogP) is -5.78. The highest BCUT2D eigenvalue weighted by Crippen LogP contribution is 2.28. The number of Topliss-reactive ketones (excluding diaryl/α,β-unsaturated/α-hetero) is 1. The molecule has 0 saturated carbocycles. The van der Waals surface area contributed by atoms with E-state index in [2.05, 4.69) is 31.9 Å². The monoisotopic (exact) mass is 1210 g/mol. The number of imide groups is 1. The number of benzene rings is 1. The standard InChI is InChI=1S/C52H80N17O17/c1-6-25(2)40(67-43(79)30(54)15-10-18-59-51(55)56)47(83)62-27(4)42(78)64-31(16-11-19-60-52(57)58)44(80)61-24-36(71)63-32(21-37(72)73)45(81)65-33(22-38(74)75)46(82)66-34(23-39(76)77)49(85)69(41(28(5)70)29-13-8-7-9-14-29)50(86)35-17-12-20-68(35)48(84)26(3)53/h7-9,13-14,25-27,30-35,40H,6,10-12,15-24,53-54H2,1-5H3,(H,61,80)(H,62,83)(H,63,71)(H,64,78)(H,65,81)(H,66,82)(H,67,79)(H,72,73)(H,74,75)(H,76,77)(H4,55,56,59)(H4,57,58,60)/t25-,26-,27-,30-,31-,32-,33-,34-,35-,40-/m0/s1. The highest BCUT2D eigenvalue weighted by molar-refractivity contribution is 6.11. The van der Waals surface area contributed by atoms with Crippen molar-refractivity contribution in [2.24, 2.45) is 28.9 Å². The second kappa shape index (κ2) is 35.7. The Morgan fingerprint density at radius 1 is 0.640 bits per heavy atom. The number of rotatable bonds is 36. The van der Waals surface area contributed by atoms with Gasteiger partial charge in [-0.15, -0.1) is 0 Å². The van der Waals surface area contributed by atoms with Gasteiger partial charge < -0.3 is 91.0 Å². The largest absolute Gasteiger partial charge is 0.481 e. The summed E-state index contributed by atoms with van der Waals surface area (Å²) in [6.45, 7) is 6.29. The number of carboxylic acids is 3. The topological polar surface area (TPSA) is 566 Å². The molecule has 1 saturated heterocycles. The summed E-state index contributed by atoms with van der Waals surface area (Å²) in [5, 5.41) is 65.0. The van der Waals surface area contributed by atoms with Gasteiger partial charge in [-0.05, 0) is 70.8 Å². The number of carboxylic acid groups (broad SMARTS) is 3. The fraction of sp³-hybridized carbons (Fsp3) is 0.558. The number of ketones is 1. The van der Waals surface area contributed by atoms with E-state index in [-0.39, 0.29) is 63.3 Å². The minimum absolute atomic E-state index is 0.00315. The fourth-order valence-corrected chi connectivity index (χ4v) is 8.59. The van der Waals surface area contributed by atoms with Crippen molar-refractivity contribution in [3.05, 3.63) is 41.9 Å². The van der Waals surface area contributed by atoms with Crippen LogP contribution in [-0.2, 0) is 67.1 Å². The molecule has 10 amide bonds. The van der Waals surface area contributed by atoms with Crippen LogP contribution in [0.3, 0.4) is 0 Å². The molecule has 86 heavy (non-hydrogen) atoms. The van der Waals surface area contributed by atoms with Gasteiger partial charge in [0, 0.05) is 19.6 Å². The third kappa shape index (κ3) is 24.1. The molecule has 0 aliphatic carbocycles. The quantitative estimate of drug-likeness (QED) is 0.0169. The summed E-state index contributed by atoms with van der Waals surface area (Å²) in [6, 6.07) is -7.85. The number of nitrogens with zero attached hydrogens (tertiary/aromatic N) is 2. The van der Waals surface area contributed by atoms with Crippen LogP contribution in [0.2, 0.25) is 0 Å². The Morgan fingerprint density at radius 3 is 1.66 bits per heavy atom. The maximum absolute atomic E-state index is 14.7. The number of carbonyl (C=O) groups is 14. The van der Waals surface area contributed by atoms with E-state index in [1.807, 2.05) is 16.0 Å². The van der Waals surface area contributed by atoms with E-state index in [1.165, 1.54) is 44.2 Å². The molecular formula is C52H80N17O17. The van der Waals surface area contributed by atoms with Gasteiger partial charge in [-0.1, -0.05) is 50.6 Å². The van der Waals surface area contributed by atoms with E-state index in [4.69, 9.17) is 33.8 Å². The number of likely N-dealkylation sites (tertiary alicyclic amines) is 1. The lowest BCUT2D eigenvalue weighted by Crippen LogP contribution is -2.61. The number of hydrogen-bond donors (Lipinski definition) is 18. The Hall–Kier alpha value is -9.34. The lowest BCUT2D eigenvalue weighted by Gasteiger charge is -2.35. The molecule has 1 fully saturated rings. The predicted molar refractivity (Wildman–Crippen MR) is 302 cm³/mol. The number of amides is 10. The molecule has 1 aromatic carbocycles. The lowest BCUT2D eigenvalue weighted by atomic mass is 9.97. The maximum Gasteiger partial charge on any atom is 0.305 e. The van der Waals surface area contributed by atoms with Gasteiger partial charge in [0.2, 0.25) is 47.3 Å². The molecule has 10 atom stereocenters. The lowest BCUT2D eigenvalue weighted by molar-refractivity contribution is -0.155. The zero-order valence-corrected chi connectivity index (χ0v) is 48.3. The average Bonchev–Trinajstić information content (AvgIpc) is 1.89. The molecule has 0 spiro atoms. The number of aliphatic carboxylic acids is 3. The molecule has 34 nitrogen and oxygen atoms in total. The molecule has 1 radical (unpaired) electrons. The van der Waals surface area contributed by atoms with Crippen molar-refractivity contribution < 1.29 is 82.4 Å². The normalized spacial score (nSPS) is 15.8. The van der Waals surface area contributed by atoms with E-state index in [0.29, 0.717) is 17.7 Å². The molecule has 22 N–H and O–H groups in total. The Bertz CT molecular complexity index is 2660. The molecule has 475 valence electrons. The minimum Gasteiger partial charge on any atom is -0.481 e. The molecule has 1 aliphatic heterocycles. The van der Waals surface area contributed by atoms with Crippen molar-refractivity contribution in [3.8, 4) is 0 Å². The van der Waals surface area contributed by atoms with Crippen molar-refractivity contribution in [1.82, 2.24) is 57.7 Å². The molecule has 1 aliphatic rings. The molecule has 34 heteroatoms. The Balaban J connectivity index is 2.38. The summed E-state index contributed by atoms with van der Waals surface area (Å²) < 4.78 is 0. The molecule has 0 bridgehead atoms. The Morgan fingerprint density at radius 2 is 1.15 bits per heavy atom. The van der Waals surface area contributed by atoms with Crippen molar-refractivity contribution >= 4 is 94.7 Å². The minimum atomic E-state index is -2.32. The van der Waals surface area contributed by atoms with E-state index in [1.54, 1.807) is 13.8 Å². The highest BCUT2D eigenvalue weighted by Gasteiger charge is 2.47. The summed E-state index contributed by atoms with van der Waals surface area (Å²) in [6.07, 6.45) is -2.89. The van der Waals surface area contributed by atoms with Crippen LogP contribution in [0.4, 0.5) is 0 Å². The van der Waals surface area contributed by atoms with Crippen LogP contribution in [0.25, 0.3) is 0 Å². The van der Waals surface area contributed by atoms with E-state index in [9.17, 15) is 82.4 Å². The van der Waals surface area contributed by atoms with Crippen LogP contribution < -0.4 is 70.8 Å². The van der Waals surface area contributed by atoms with Crippen LogP contribution in [-0.4, -0.2) is 200 Å². The second-order valence-corrected chi connectivity index (χ2v) is 20.2. The maximum atomic E-state index is 14.7. The smallest absolute Gasteiger partial charge is 0.305 e. The van der Waals surface area contributed by atoms with Gasteiger partial charge in [0.15, 0.2) is 23.7 Å². The van der Waals surface area contributed by atoms with Gasteiger partial charge in [-0.3, -0.25) is 82.8 Å². The van der Waals surface area contributed by atoms with Crippen molar-refractivity contribution in [2.45, 2.75) is 153 Å². The van der Waals surface area contributed by atoms with Gasteiger partial charge in [-0.25, -0.2) is 0 Å². The van der Waals surface area contributed by atoms with Gasteiger partial charge in [0.05, 0.1) is 37.9 Å². The van der Waals surface area contributed by atoms with Crippen molar-refractivity contribution in [3.63, 3.8) is 0 Å². The van der Waals surface area contributed by atoms with Gasteiger partial charge in [-0.2, -0.15) is 0 Å². The van der Waals surface area contributed by atoms with E-state index in [0.717, 1.165) is 11.8 Å². The Labute approximate surface area is 494 Å². The van der Waals surface area contributed by atoms with Crippen LogP contribution in [0.1, 0.15) is 104 Å². The summed E-state index contributed by atoms with van der Waals surface area (Å²) >= 11 is 0. The average molecular weight is 1220 g/mol.